The van der Waals surface area contributed by atoms with Crippen LogP contribution in [0.3, 0.4) is 0 Å². The van der Waals surface area contributed by atoms with Crippen LogP contribution in [0.1, 0.15) is 6.42 Å². The Labute approximate surface area is 149 Å². The summed E-state index contributed by atoms with van der Waals surface area (Å²) >= 11 is 0. The van der Waals surface area contributed by atoms with E-state index in [-0.39, 0.29) is 0 Å². The van der Waals surface area contributed by atoms with E-state index in [0.717, 1.165) is 72.0 Å². The molecule has 9 nitrogen and oxygen atoms in total. The van der Waals surface area contributed by atoms with Gasteiger partial charge in [-0.15, -0.1) is 0 Å². The summed E-state index contributed by atoms with van der Waals surface area (Å²) in [5.41, 5.74) is 10.1. The molecule has 3 heterocycles. The van der Waals surface area contributed by atoms with Crippen LogP contribution in [-0.2, 0) is 4.74 Å². The predicted octanol–water partition coefficient (Wildman–Crippen LogP) is -0.233. The second-order valence-electron chi connectivity index (χ2n) is 6.62. The summed E-state index contributed by atoms with van der Waals surface area (Å²) in [4.78, 5) is 13.3. The lowest BCUT2D eigenvalue weighted by molar-refractivity contribution is 0.0378. The molecule has 25 heavy (non-hydrogen) atoms. The largest absolute Gasteiger partial charge is 0.393 e. The summed E-state index contributed by atoms with van der Waals surface area (Å²) in [5.74, 6) is 1.38. The maximum Gasteiger partial charge on any atom is 0.169 e. The molecular weight excluding hydrogens is 320 g/mol. The van der Waals surface area contributed by atoms with Gasteiger partial charge in [0.1, 0.15) is 12.0 Å². The number of nitrogen functional groups attached to an aromatic ring is 1. The van der Waals surface area contributed by atoms with Gasteiger partial charge in [0.2, 0.25) is 0 Å². The molecule has 0 atom stereocenters. The van der Waals surface area contributed by atoms with E-state index in [0.29, 0.717) is 17.3 Å². The van der Waals surface area contributed by atoms with Crippen molar-refractivity contribution < 1.29 is 4.74 Å². The fourth-order valence-electron chi connectivity index (χ4n) is 3.03. The van der Waals surface area contributed by atoms with Crippen molar-refractivity contribution in [3.63, 3.8) is 0 Å². The van der Waals surface area contributed by atoms with Crippen molar-refractivity contribution in [2.24, 2.45) is 0 Å². The number of hydrogen-bond acceptors (Lipinski definition) is 9. The van der Waals surface area contributed by atoms with E-state index < -0.39 is 0 Å². The van der Waals surface area contributed by atoms with Crippen LogP contribution in [0.25, 0.3) is 0 Å². The van der Waals surface area contributed by atoms with Gasteiger partial charge in [-0.05, 0) is 20.0 Å². The number of ether oxygens (including phenoxy) is 1. The molecule has 0 bridgehead atoms. The fourth-order valence-corrected chi connectivity index (χ4v) is 3.03. The van der Waals surface area contributed by atoms with Gasteiger partial charge >= 0.3 is 0 Å². The maximum atomic E-state index is 6.24. The van der Waals surface area contributed by atoms with Crippen LogP contribution in [-0.4, -0.2) is 97.4 Å². The Balaban J connectivity index is 1.45. The molecule has 2 aliphatic rings. The van der Waals surface area contributed by atoms with Crippen LogP contribution in [0.4, 0.5) is 17.3 Å². The van der Waals surface area contributed by atoms with Gasteiger partial charge in [0.05, 0.1) is 13.2 Å². The van der Waals surface area contributed by atoms with Crippen LogP contribution < -0.4 is 16.5 Å². The minimum absolute atomic E-state index is 0.577. The zero-order valence-electron chi connectivity index (χ0n) is 15.1. The summed E-state index contributed by atoms with van der Waals surface area (Å²) in [6.07, 6.45) is 2.60. The number of morpholine rings is 1. The predicted molar refractivity (Wildman–Crippen MR) is 99.5 cm³/mol. The molecular formula is C16H30N8O. The van der Waals surface area contributed by atoms with Crippen molar-refractivity contribution in [1.29, 1.82) is 0 Å². The zero-order valence-corrected chi connectivity index (χ0v) is 15.1. The number of hydrogen-bond donors (Lipinski definition) is 3. The molecule has 2 aliphatic heterocycles. The smallest absolute Gasteiger partial charge is 0.169 e. The SMILES string of the molecule is CN1CCN(Nc2ncnc(NCCCN3CCOCC3)c2N)CC1. The number of hydrazine groups is 1. The molecule has 1 aromatic rings. The minimum Gasteiger partial charge on any atom is -0.393 e. The Morgan fingerprint density at radius 2 is 1.80 bits per heavy atom. The number of piperazine rings is 1. The molecule has 9 heteroatoms. The maximum absolute atomic E-state index is 6.24. The molecule has 0 spiro atoms. The molecule has 2 saturated heterocycles. The number of likely N-dealkylation sites (N-methyl/N-ethyl adjacent to an activating group) is 1. The molecule has 0 aromatic carbocycles. The van der Waals surface area contributed by atoms with Crippen LogP contribution in [0.15, 0.2) is 6.33 Å². The Morgan fingerprint density at radius 3 is 2.56 bits per heavy atom. The molecule has 140 valence electrons. The molecule has 1 aromatic heterocycles. The summed E-state index contributed by atoms with van der Waals surface area (Å²) in [5, 5.41) is 5.49. The second-order valence-corrected chi connectivity index (χ2v) is 6.62. The third kappa shape index (κ3) is 5.40. The van der Waals surface area contributed by atoms with Crippen LogP contribution >= 0.6 is 0 Å². The highest BCUT2D eigenvalue weighted by atomic mass is 16.5. The second kappa shape index (κ2) is 9.14. The number of nitrogens with two attached hydrogens (primary N) is 1. The van der Waals surface area contributed by atoms with Gasteiger partial charge in [-0.2, -0.15) is 0 Å². The normalized spacial score (nSPS) is 20.5. The topological polar surface area (TPSA) is 94.8 Å². The van der Waals surface area contributed by atoms with E-state index in [2.05, 4.69) is 42.6 Å². The lowest BCUT2D eigenvalue weighted by atomic mass is 10.3. The minimum atomic E-state index is 0.577. The number of anilines is 3. The first-order chi connectivity index (χ1) is 12.2. The van der Waals surface area contributed by atoms with Gasteiger partial charge < -0.3 is 26.1 Å². The van der Waals surface area contributed by atoms with E-state index >= 15 is 0 Å². The number of aromatic nitrogens is 2. The zero-order chi connectivity index (χ0) is 17.5. The lowest BCUT2D eigenvalue weighted by Gasteiger charge is -2.33. The van der Waals surface area contributed by atoms with E-state index in [1.165, 1.54) is 0 Å². The molecule has 0 saturated carbocycles. The fraction of sp³-hybridized carbons (Fsp3) is 0.750. The van der Waals surface area contributed by atoms with Gasteiger partial charge in [0, 0.05) is 45.8 Å². The van der Waals surface area contributed by atoms with Gasteiger partial charge in [0.15, 0.2) is 11.6 Å². The summed E-state index contributed by atoms with van der Waals surface area (Å²) in [6, 6.07) is 0. The molecule has 4 N–H and O–H groups in total. The van der Waals surface area contributed by atoms with Crippen LogP contribution in [0, 0.1) is 0 Å². The van der Waals surface area contributed by atoms with Crippen LogP contribution in [0.5, 0.6) is 0 Å². The van der Waals surface area contributed by atoms with Gasteiger partial charge in [-0.3, -0.25) is 4.90 Å². The molecule has 2 fully saturated rings. The quantitative estimate of drug-likeness (QED) is 0.576. The first-order valence-corrected chi connectivity index (χ1v) is 9.07. The summed E-state index contributed by atoms with van der Waals surface area (Å²) in [7, 11) is 2.13. The highest BCUT2D eigenvalue weighted by Crippen LogP contribution is 2.23. The Bertz CT molecular complexity index is 529. The molecule has 3 rings (SSSR count). The number of rotatable bonds is 7. The van der Waals surface area contributed by atoms with E-state index in [4.69, 9.17) is 10.5 Å². The average Bonchev–Trinajstić information content (AvgIpc) is 2.64. The van der Waals surface area contributed by atoms with Crippen molar-refractivity contribution in [3.8, 4) is 0 Å². The Kier molecular flexibility index (Phi) is 6.62. The van der Waals surface area contributed by atoms with Crippen molar-refractivity contribution in [2.45, 2.75) is 6.42 Å². The van der Waals surface area contributed by atoms with Crippen molar-refractivity contribution in [1.82, 2.24) is 24.8 Å². The summed E-state index contributed by atoms with van der Waals surface area (Å²) in [6.45, 7) is 9.59. The van der Waals surface area contributed by atoms with Gasteiger partial charge in [-0.1, -0.05) is 0 Å². The standard InChI is InChI=1S/C16H30N8O/c1-22-5-7-24(8-6-22)21-16-14(17)15(19-13-20-16)18-3-2-4-23-9-11-25-12-10-23/h13H,2-12,17H2,1H3,(H2,18,19,20,21). The van der Waals surface area contributed by atoms with Crippen molar-refractivity contribution in [3.05, 3.63) is 6.33 Å². The number of nitrogens with zero attached hydrogens (tertiary/aromatic N) is 5. The highest BCUT2D eigenvalue weighted by Gasteiger charge is 2.16. The third-order valence-corrected chi connectivity index (χ3v) is 4.70. The van der Waals surface area contributed by atoms with Gasteiger partial charge in [-0.25, -0.2) is 15.0 Å². The highest BCUT2D eigenvalue weighted by molar-refractivity contribution is 5.73. The third-order valence-electron chi connectivity index (χ3n) is 4.70. The van der Waals surface area contributed by atoms with E-state index in [1.807, 2.05) is 0 Å². The van der Waals surface area contributed by atoms with Crippen molar-refractivity contribution in [2.75, 3.05) is 89.1 Å². The molecule has 0 amide bonds. The average molecular weight is 350 g/mol. The lowest BCUT2D eigenvalue weighted by Crippen LogP contribution is -2.47. The Morgan fingerprint density at radius 1 is 1.08 bits per heavy atom. The van der Waals surface area contributed by atoms with Crippen LogP contribution in [0.2, 0.25) is 0 Å². The molecule has 0 aliphatic carbocycles. The van der Waals surface area contributed by atoms with Gasteiger partial charge in [0.25, 0.3) is 0 Å². The monoisotopic (exact) mass is 350 g/mol. The van der Waals surface area contributed by atoms with Crippen molar-refractivity contribution >= 4 is 17.3 Å². The molecule has 0 radical (unpaired) electrons. The first-order valence-electron chi connectivity index (χ1n) is 9.07. The Hall–Kier alpha value is -1.68. The van der Waals surface area contributed by atoms with E-state index in [9.17, 15) is 0 Å². The molecule has 0 unspecified atom stereocenters. The summed E-state index contributed by atoms with van der Waals surface area (Å²) < 4.78 is 5.37. The number of nitrogens with one attached hydrogen (secondary N) is 2. The first kappa shape index (κ1) is 18.1. The van der Waals surface area contributed by atoms with E-state index in [1.54, 1.807) is 6.33 Å².